The van der Waals surface area contributed by atoms with Crippen molar-refractivity contribution in [2.75, 3.05) is 5.32 Å². The van der Waals surface area contributed by atoms with Crippen LogP contribution in [0.5, 0.6) is 0 Å². The molecule has 1 aromatic heterocycles. The number of hydrogen-bond donors (Lipinski definition) is 2. The number of aromatic nitrogens is 1. The number of pyridine rings is 1. The first-order valence-electron chi connectivity index (χ1n) is 6.24. The summed E-state index contributed by atoms with van der Waals surface area (Å²) in [6, 6.07) is 9.33. The average molecular weight is 272 g/mol. The lowest BCUT2D eigenvalue weighted by molar-refractivity contribution is -0.384. The molecule has 0 atom stereocenters. The van der Waals surface area contributed by atoms with Gasteiger partial charge >= 0.3 is 5.69 Å². The van der Waals surface area contributed by atoms with Gasteiger partial charge in [0.15, 0.2) is 0 Å². The summed E-state index contributed by atoms with van der Waals surface area (Å²) < 4.78 is 0. The number of aryl methyl sites for hydroxylation is 1. The minimum atomic E-state index is -0.417. The minimum Gasteiger partial charge on any atom is -0.360 e. The van der Waals surface area contributed by atoms with Crippen LogP contribution in [0.2, 0.25) is 0 Å². The smallest absolute Gasteiger partial charge is 0.314 e. The molecule has 3 N–H and O–H groups in total. The predicted octanol–water partition coefficient (Wildman–Crippen LogP) is 2.37. The molecule has 6 heteroatoms. The van der Waals surface area contributed by atoms with Crippen molar-refractivity contribution >= 4 is 11.5 Å². The van der Waals surface area contributed by atoms with Gasteiger partial charge in [-0.3, -0.25) is 10.1 Å². The highest BCUT2D eigenvalue weighted by Crippen LogP contribution is 2.26. The molecule has 0 aliphatic rings. The minimum absolute atomic E-state index is 0.0118. The fraction of sp³-hybridized carbons (Fsp3) is 0.214. The van der Waals surface area contributed by atoms with Gasteiger partial charge in [-0.25, -0.2) is 4.98 Å². The summed E-state index contributed by atoms with van der Waals surface area (Å²) in [5, 5.41) is 14.1. The number of hydrogen-bond acceptors (Lipinski definition) is 5. The summed E-state index contributed by atoms with van der Waals surface area (Å²) >= 11 is 0. The zero-order chi connectivity index (χ0) is 14.5. The first-order chi connectivity index (χ1) is 9.63. The normalized spacial score (nSPS) is 10.3. The van der Waals surface area contributed by atoms with Crippen LogP contribution in [0.3, 0.4) is 0 Å². The molecule has 0 saturated carbocycles. The highest BCUT2D eigenvalue weighted by Gasteiger charge is 2.18. The topological polar surface area (TPSA) is 94.1 Å². The number of benzene rings is 1. The molecule has 2 rings (SSSR count). The van der Waals surface area contributed by atoms with Crippen LogP contribution in [0.1, 0.15) is 16.7 Å². The largest absolute Gasteiger partial charge is 0.360 e. The molecule has 0 aliphatic carbocycles. The maximum atomic E-state index is 11.1. The van der Waals surface area contributed by atoms with Gasteiger partial charge in [0, 0.05) is 24.8 Å². The Bertz CT molecular complexity index is 628. The molecule has 20 heavy (non-hydrogen) atoms. The van der Waals surface area contributed by atoms with Gasteiger partial charge in [0.25, 0.3) is 0 Å². The summed E-state index contributed by atoms with van der Waals surface area (Å²) in [6.07, 6.45) is 1.56. The van der Waals surface area contributed by atoms with E-state index in [-0.39, 0.29) is 11.5 Å². The number of nitrogens with two attached hydrogens (primary N) is 1. The first kappa shape index (κ1) is 14.0. The number of anilines is 1. The van der Waals surface area contributed by atoms with E-state index < -0.39 is 4.92 Å². The second kappa shape index (κ2) is 6.12. The van der Waals surface area contributed by atoms with Crippen molar-refractivity contribution in [3.8, 4) is 0 Å². The van der Waals surface area contributed by atoms with Crippen molar-refractivity contribution in [3.05, 3.63) is 63.3 Å². The second-order valence-corrected chi connectivity index (χ2v) is 4.41. The summed E-state index contributed by atoms with van der Waals surface area (Å²) in [7, 11) is 0. The van der Waals surface area contributed by atoms with Crippen LogP contribution in [0.4, 0.5) is 11.5 Å². The zero-order valence-corrected chi connectivity index (χ0v) is 11.2. The lowest BCUT2D eigenvalue weighted by Gasteiger charge is -2.10. The third kappa shape index (κ3) is 2.92. The molecular formula is C14H16N4O2. The third-order valence-electron chi connectivity index (χ3n) is 3.09. The molecule has 0 saturated heterocycles. The summed E-state index contributed by atoms with van der Waals surface area (Å²) in [4.78, 5) is 14.7. The second-order valence-electron chi connectivity index (χ2n) is 4.41. The molecule has 0 aliphatic heterocycles. The van der Waals surface area contributed by atoms with Gasteiger partial charge in [-0.1, -0.05) is 24.3 Å². The van der Waals surface area contributed by atoms with Crippen LogP contribution in [-0.2, 0) is 13.1 Å². The molecule has 0 unspecified atom stereocenters. The van der Waals surface area contributed by atoms with Crippen molar-refractivity contribution in [1.82, 2.24) is 4.98 Å². The fourth-order valence-corrected chi connectivity index (χ4v) is 2.02. The summed E-state index contributed by atoms with van der Waals surface area (Å²) in [5.41, 5.74) is 8.28. The number of nitrogens with one attached hydrogen (secondary N) is 1. The fourth-order valence-electron chi connectivity index (χ4n) is 2.02. The molecule has 0 bridgehead atoms. The molecular weight excluding hydrogens is 256 g/mol. The standard InChI is InChI=1S/C14H16N4O2/c1-10-6-7-16-14(13(10)18(19)20)17-9-12-5-3-2-4-11(12)8-15/h2-7H,8-9,15H2,1H3,(H,16,17). The highest BCUT2D eigenvalue weighted by molar-refractivity contribution is 5.59. The molecule has 2 aromatic rings. The van der Waals surface area contributed by atoms with Crippen LogP contribution >= 0.6 is 0 Å². The molecule has 1 aromatic carbocycles. The van der Waals surface area contributed by atoms with Gasteiger partial charge in [-0.15, -0.1) is 0 Å². The van der Waals surface area contributed by atoms with Crippen LogP contribution in [0, 0.1) is 17.0 Å². The van der Waals surface area contributed by atoms with Crippen LogP contribution in [-0.4, -0.2) is 9.91 Å². The number of rotatable bonds is 5. The van der Waals surface area contributed by atoms with E-state index in [1.807, 2.05) is 24.3 Å². The van der Waals surface area contributed by atoms with E-state index in [0.717, 1.165) is 11.1 Å². The van der Waals surface area contributed by atoms with Gasteiger partial charge < -0.3 is 11.1 Å². The molecule has 1 heterocycles. The van der Waals surface area contributed by atoms with Gasteiger partial charge in [-0.05, 0) is 24.1 Å². The third-order valence-corrected chi connectivity index (χ3v) is 3.09. The maximum absolute atomic E-state index is 11.1. The van der Waals surface area contributed by atoms with Crippen molar-refractivity contribution in [2.45, 2.75) is 20.0 Å². The van der Waals surface area contributed by atoms with E-state index in [2.05, 4.69) is 10.3 Å². The molecule has 6 nitrogen and oxygen atoms in total. The van der Waals surface area contributed by atoms with Crippen molar-refractivity contribution < 1.29 is 4.92 Å². The Morgan fingerprint density at radius 2 is 2.00 bits per heavy atom. The molecule has 0 spiro atoms. The highest BCUT2D eigenvalue weighted by atomic mass is 16.6. The maximum Gasteiger partial charge on any atom is 0.314 e. The van der Waals surface area contributed by atoms with Crippen LogP contribution in [0.25, 0.3) is 0 Å². The van der Waals surface area contributed by atoms with Crippen molar-refractivity contribution in [1.29, 1.82) is 0 Å². The molecule has 0 amide bonds. The predicted molar refractivity (Wildman–Crippen MR) is 77.3 cm³/mol. The molecule has 104 valence electrons. The summed E-state index contributed by atoms with van der Waals surface area (Å²) in [6.45, 7) is 2.57. The number of nitrogens with zero attached hydrogens (tertiary/aromatic N) is 2. The van der Waals surface area contributed by atoms with E-state index in [1.54, 1.807) is 19.2 Å². The van der Waals surface area contributed by atoms with E-state index in [1.165, 1.54) is 0 Å². The average Bonchev–Trinajstić information content (AvgIpc) is 2.45. The quantitative estimate of drug-likeness (QED) is 0.643. The molecule has 0 radical (unpaired) electrons. The SMILES string of the molecule is Cc1ccnc(NCc2ccccc2CN)c1[N+](=O)[O-]. The van der Waals surface area contributed by atoms with Gasteiger partial charge in [-0.2, -0.15) is 0 Å². The van der Waals surface area contributed by atoms with Crippen LogP contribution in [0.15, 0.2) is 36.5 Å². The van der Waals surface area contributed by atoms with Crippen LogP contribution < -0.4 is 11.1 Å². The van der Waals surface area contributed by atoms with Gasteiger partial charge in [0.2, 0.25) is 5.82 Å². The van der Waals surface area contributed by atoms with Gasteiger partial charge in [0.1, 0.15) is 0 Å². The van der Waals surface area contributed by atoms with E-state index >= 15 is 0 Å². The Labute approximate surface area is 116 Å². The number of nitro groups is 1. The van der Waals surface area contributed by atoms with Gasteiger partial charge in [0.05, 0.1) is 4.92 Å². The monoisotopic (exact) mass is 272 g/mol. The Morgan fingerprint density at radius 1 is 1.30 bits per heavy atom. The summed E-state index contributed by atoms with van der Waals surface area (Å²) in [5.74, 6) is 0.279. The Balaban J connectivity index is 2.23. The Morgan fingerprint density at radius 3 is 2.65 bits per heavy atom. The zero-order valence-electron chi connectivity index (χ0n) is 11.2. The van der Waals surface area contributed by atoms with Crippen molar-refractivity contribution in [2.24, 2.45) is 5.73 Å². The molecule has 0 fully saturated rings. The lowest BCUT2D eigenvalue weighted by atomic mass is 10.1. The first-order valence-corrected chi connectivity index (χ1v) is 6.24. The van der Waals surface area contributed by atoms with E-state index in [0.29, 0.717) is 18.7 Å². The Hall–Kier alpha value is -2.47. The van der Waals surface area contributed by atoms with E-state index in [9.17, 15) is 10.1 Å². The van der Waals surface area contributed by atoms with E-state index in [4.69, 9.17) is 5.73 Å². The lowest BCUT2D eigenvalue weighted by Crippen LogP contribution is -2.09. The Kier molecular flexibility index (Phi) is 4.27. The van der Waals surface area contributed by atoms with Crippen molar-refractivity contribution in [3.63, 3.8) is 0 Å².